The minimum Gasteiger partial charge on any atom is -0.478 e. The third-order valence-electron chi connectivity index (χ3n) is 3.96. The molecule has 112 valence electrons. The summed E-state index contributed by atoms with van der Waals surface area (Å²) >= 11 is 1.90. The molecule has 1 N–H and O–H groups in total. The Morgan fingerprint density at radius 2 is 2.00 bits per heavy atom. The van der Waals surface area contributed by atoms with Gasteiger partial charge < -0.3 is 14.9 Å². The monoisotopic (exact) mass is 306 g/mol. The average molecular weight is 306 g/mol. The number of thioether (sulfide) groups is 1. The second-order valence-corrected chi connectivity index (χ2v) is 7.10. The van der Waals surface area contributed by atoms with Crippen LogP contribution in [0.25, 0.3) is 0 Å². The van der Waals surface area contributed by atoms with E-state index in [1.807, 2.05) is 22.7 Å². The lowest BCUT2D eigenvalue weighted by Crippen LogP contribution is -2.46. The molecule has 3 rings (SSSR count). The number of carboxylic acids is 1. The van der Waals surface area contributed by atoms with Crippen molar-refractivity contribution in [1.82, 2.24) is 9.80 Å². The number of aromatic carboxylic acids is 1. The molecule has 1 aromatic carbocycles. The normalized spacial score (nSPS) is 21.3. The van der Waals surface area contributed by atoms with Crippen molar-refractivity contribution >= 4 is 23.8 Å². The summed E-state index contributed by atoms with van der Waals surface area (Å²) in [5, 5.41) is 9.51. The van der Waals surface area contributed by atoms with Gasteiger partial charge in [-0.25, -0.2) is 9.59 Å². The summed E-state index contributed by atoms with van der Waals surface area (Å²) in [6, 6.07) is 5.17. The summed E-state index contributed by atoms with van der Waals surface area (Å²) in [6.45, 7) is 4.80. The van der Waals surface area contributed by atoms with Crippen LogP contribution in [0.4, 0.5) is 4.79 Å². The molecule has 0 spiro atoms. The molecule has 1 aromatic rings. The van der Waals surface area contributed by atoms with E-state index in [2.05, 4.69) is 6.92 Å². The minimum atomic E-state index is -0.926. The highest BCUT2D eigenvalue weighted by Gasteiger charge is 2.29. The molecule has 0 radical (unpaired) electrons. The molecule has 0 bridgehead atoms. The molecular formula is C15H18N2O3S. The van der Waals surface area contributed by atoms with Gasteiger partial charge in [0.2, 0.25) is 0 Å². The molecule has 1 saturated heterocycles. The lowest BCUT2D eigenvalue weighted by molar-refractivity contribution is 0.0696. The van der Waals surface area contributed by atoms with Crippen LogP contribution in [0.15, 0.2) is 18.2 Å². The van der Waals surface area contributed by atoms with Crippen molar-refractivity contribution in [1.29, 1.82) is 0 Å². The van der Waals surface area contributed by atoms with Gasteiger partial charge in [0.05, 0.1) is 5.56 Å². The Labute approximate surface area is 127 Å². The number of fused-ring (bicyclic) bond motifs is 1. The second-order valence-electron chi connectivity index (χ2n) is 5.55. The smallest absolute Gasteiger partial charge is 0.335 e. The van der Waals surface area contributed by atoms with Gasteiger partial charge in [-0.05, 0) is 23.3 Å². The first-order valence-electron chi connectivity index (χ1n) is 7.05. The Balaban J connectivity index is 1.72. The largest absolute Gasteiger partial charge is 0.478 e. The van der Waals surface area contributed by atoms with Crippen molar-refractivity contribution in [2.24, 2.45) is 0 Å². The van der Waals surface area contributed by atoms with E-state index in [1.165, 1.54) is 0 Å². The Hall–Kier alpha value is -1.69. The van der Waals surface area contributed by atoms with Gasteiger partial charge in [0.15, 0.2) is 0 Å². The van der Waals surface area contributed by atoms with Gasteiger partial charge in [-0.1, -0.05) is 13.0 Å². The molecule has 5 nitrogen and oxygen atoms in total. The van der Waals surface area contributed by atoms with Gasteiger partial charge in [0.1, 0.15) is 0 Å². The third kappa shape index (κ3) is 2.85. The summed E-state index contributed by atoms with van der Waals surface area (Å²) in [4.78, 5) is 27.3. The van der Waals surface area contributed by atoms with E-state index in [0.29, 0.717) is 18.3 Å². The number of carbonyl (C=O) groups excluding carboxylic acids is 1. The van der Waals surface area contributed by atoms with E-state index in [9.17, 15) is 9.59 Å². The molecule has 6 heteroatoms. The highest BCUT2D eigenvalue weighted by Crippen LogP contribution is 2.26. The second kappa shape index (κ2) is 5.60. The molecule has 1 unspecified atom stereocenters. The Morgan fingerprint density at radius 1 is 1.24 bits per heavy atom. The number of carboxylic acid groups (broad SMARTS) is 1. The molecule has 1 atom stereocenters. The lowest BCUT2D eigenvalue weighted by atomic mass is 10.1. The summed E-state index contributed by atoms with van der Waals surface area (Å²) in [6.07, 6.45) is 0. The fraction of sp³-hybridized carbons (Fsp3) is 0.467. The number of benzene rings is 1. The number of urea groups is 1. The summed E-state index contributed by atoms with van der Waals surface area (Å²) < 4.78 is 0. The van der Waals surface area contributed by atoms with Crippen molar-refractivity contribution in [3.63, 3.8) is 0 Å². The highest BCUT2D eigenvalue weighted by molar-refractivity contribution is 7.99. The Bertz CT molecular complexity index is 590. The van der Waals surface area contributed by atoms with Crippen molar-refractivity contribution < 1.29 is 14.7 Å². The number of nitrogens with zero attached hydrogens (tertiary/aromatic N) is 2. The van der Waals surface area contributed by atoms with Crippen molar-refractivity contribution in [3.05, 3.63) is 34.9 Å². The summed E-state index contributed by atoms with van der Waals surface area (Å²) in [5.41, 5.74) is 2.28. The SMILES string of the molecule is CC1CN(C(=O)N2Cc3ccc(C(=O)O)cc3C2)CCS1. The van der Waals surface area contributed by atoms with Crippen LogP contribution in [-0.2, 0) is 13.1 Å². The maximum absolute atomic E-state index is 12.6. The maximum Gasteiger partial charge on any atom is 0.335 e. The van der Waals surface area contributed by atoms with E-state index < -0.39 is 5.97 Å². The molecule has 2 amide bonds. The fourth-order valence-electron chi connectivity index (χ4n) is 2.85. The summed E-state index contributed by atoms with van der Waals surface area (Å²) in [7, 11) is 0. The van der Waals surface area contributed by atoms with Gasteiger partial charge in [-0.15, -0.1) is 0 Å². The highest BCUT2D eigenvalue weighted by atomic mass is 32.2. The molecular weight excluding hydrogens is 288 g/mol. The quantitative estimate of drug-likeness (QED) is 0.864. The molecule has 2 aliphatic rings. The molecule has 2 heterocycles. The van der Waals surface area contributed by atoms with E-state index >= 15 is 0 Å². The standard InChI is InChI=1S/C15H18N2O3S/c1-10-7-16(4-5-21-10)15(20)17-8-12-3-2-11(14(18)19)6-13(12)9-17/h2-3,6,10H,4-5,7-9H2,1H3,(H,18,19). The first-order chi connectivity index (χ1) is 10.0. The zero-order valence-electron chi connectivity index (χ0n) is 11.9. The van der Waals surface area contributed by atoms with E-state index in [1.54, 1.807) is 17.0 Å². The zero-order chi connectivity index (χ0) is 15.0. The number of hydrogen-bond donors (Lipinski definition) is 1. The van der Waals surface area contributed by atoms with E-state index in [-0.39, 0.29) is 11.6 Å². The average Bonchev–Trinajstić information content (AvgIpc) is 2.89. The number of amides is 2. The van der Waals surface area contributed by atoms with Crippen molar-refractivity contribution in [2.45, 2.75) is 25.3 Å². The molecule has 0 aliphatic carbocycles. The van der Waals surface area contributed by atoms with Crippen molar-refractivity contribution in [3.8, 4) is 0 Å². The number of rotatable bonds is 1. The topological polar surface area (TPSA) is 60.9 Å². The predicted octanol–water partition coefficient (Wildman–Crippen LogP) is 2.26. The first kappa shape index (κ1) is 14.3. The third-order valence-corrected chi connectivity index (χ3v) is 5.09. The molecule has 0 aromatic heterocycles. The van der Waals surface area contributed by atoms with Gasteiger partial charge in [-0.2, -0.15) is 11.8 Å². The number of carbonyl (C=O) groups is 2. The molecule has 0 saturated carbocycles. The van der Waals surface area contributed by atoms with Gasteiger partial charge in [0.25, 0.3) is 0 Å². The molecule has 21 heavy (non-hydrogen) atoms. The Kier molecular flexibility index (Phi) is 3.80. The van der Waals surface area contributed by atoms with Crippen molar-refractivity contribution in [2.75, 3.05) is 18.8 Å². The van der Waals surface area contributed by atoms with Gasteiger partial charge >= 0.3 is 12.0 Å². The maximum atomic E-state index is 12.6. The van der Waals surface area contributed by atoms with Crippen LogP contribution >= 0.6 is 11.8 Å². The predicted molar refractivity (Wildman–Crippen MR) is 81.5 cm³/mol. The van der Waals surface area contributed by atoms with Crippen LogP contribution in [0.3, 0.4) is 0 Å². The van der Waals surface area contributed by atoms with Gasteiger partial charge in [0, 0.05) is 37.2 Å². The van der Waals surface area contributed by atoms with Gasteiger partial charge in [-0.3, -0.25) is 0 Å². The molecule has 2 aliphatic heterocycles. The van der Waals surface area contributed by atoms with Crippen LogP contribution in [0.2, 0.25) is 0 Å². The van der Waals surface area contributed by atoms with Crippen LogP contribution in [0, 0.1) is 0 Å². The minimum absolute atomic E-state index is 0.0650. The zero-order valence-corrected chi connectivity index (χ0v) is 12.7. The lowest BCUT2D eigenvalue weighted by Gasteiger charge is -2.33. The van der Waals surface area contributed by atoms with Crippen LogP contribution < -0.4 is 0 Å². The first-order valence-corrected chi connectivity index (χ1v) is 8.10. The molecule has 1 fully saturated rings. The fourth-order valence-corrected chi connectivity index (χ4v) is 3.87. The van der Waals surface area contributed by atoms with Crippen LogP contribution in [-0.4, -0.2) is 51.0 Å². The van der Waals surface area contributed by atoms with E-state index in [0.717, 1.165) is 30.0 Å². The number of hydrogen-bond acceptors (Lipinski definition) is 3. The van der Waals surface area contributed by atoms with Crippen LogP contribution in [0.5, 0.6) is 0 Å². The Morgan fingerprint density at radius 3 is 2.71 bits per heavy atom. The summed E-state index contributed by atoms with van der Waals surface area (Å²) in [5.74, 6) is 0.0566. The van der Waals surface area contributed by atoms with E-state index in [4.69, 9.17) is 5.11 Å². The van der Waals surface area contributed by atoms with Crippen LogP contribution in [0.1, 0.15) is 28.4 Å².